The number of rotatable bonds is 3. The molecule has 1 saturated heterocycles. The molecular formula is C18H25ClN4O2. The maximum atomic E-state index is 12.6. The van der Waals surface area contributed by atoms with Crippen LogP contribution in [0.5, 0.6) is 5.75 Å². The van der Waals surface area contributed by atoms with E-state index in [1.807, 2.05) is 24.3 Å². The Balaban J connectivity index is 0.00000225. The van der Waals surface area contributed by atoms with E-state index in [1.165, 1.54) is 11.8 Å². The van der Waals surface area contributed by atoms with E-state index >= 15 is 0 Å². The van der Waals surface area contributed by atoms with Crippen LogP contribution in [0.15, 0.2) is 30.5 Å². The second-order valence-electron chi connectivity index (χ2n) is 6.68. The number of hydrogen-bond donors (Lipinski definition) is 2. The summed E-state index contributed by atoms with van der Waals surface area (Å²) < 4.78 is 1.54. The Morgan fingerprint density at radius 2 is 1.84 bits per heavy atom. The van der Waals surface area contributed by atoms with Crippen molar-refractivity contribution in [1.29, 1.82) is 0 Å². The number of halogens is 1. The van der Waals surface area contributed by atoms with E-state index in [1.54, 1.807) is 9.58 Å². The number of carbonyl (C=O) groups excluding carboxylic acids is 1. The Bertz CT molecular complexity index is 719. The number of amides is 1. The van der Waals surface area contributed by atoms with Crippen LogP contribution in [0.2, 0.25) is 0 Å². The molecule has 3 N–H and O–H groups in total. The van der Waals surface area contributed by atoms with Gasteiger partial charge in [0.1, 0.15) is 0 Å². The van der Waals surface area contributed by atoms with Gasteiger partial charge in [-0.15, -0.1) is 12.4 Å². The van der Waals surface area contributed by atoms with E-state index < -0.39 is 0 Å². The average Bonchev–Trinajstić information content (AvgIpc) is 2.97. The molecule has 0 radical (unpaired) electrons. The summed E-state index contributed by atoms with van der Waals surface area (Å²) in [6.07, 6.45) is 3.04. The molecule has 1 aliphatic rings. The number of hydrogen-bond acceptors (Lipinski definition) is 4. The van der Waals surface area contributed by atoms with E-state index in [0.29, 0.717) is 19.0 Å². The first-order valence-electron chi connectivity index (χ1n) is 8.39. The first-order valence-corrected chi connectivity index (χ1v) is 8.39. The maximum absolute atomic E-state index is 12.6. The third-order valence-electron chi connectivity index (χ3n) is 4.55. The smallest absolute Gasteiger partial charge is 0.278 e. The Morgan fingerprint density at radius 1 is 1.24 bits per heavy atom. The number of nitrogens with zero attached hydrogens (tertiary/aromatic N) is 3. The summed E-state index contributed by atoms with van der Waals surface area (Å²) in [4.78, 5) is 14.3. The zero-order chi connectivity index (χ0) is 17.3. The average molecular weight is 365 g/mol. The van der Waals surface area contributed by atoms with Crippen molar-refractivity contribution >= 4 is 18.3 Å². The summed E-state index contributed by atoms with van der Waals surface area (Å²) in [5.74, 6) is 0.118. The molecule has 0 bridgehead atoms. The van der Waals surface area contributed by atoms with E-state index in [4.69, 9.17) is 5.73 Å². The van der Waals surface area contributed by atoms with Gasteiger partial charge in [0.25, 0.3) is 5.91 Å². The van der Waals surface area contributed by atoms with Crippen molar-refractivity contribution in [3.05, 3.63) is 41.7 Å². The molecule has 0 atom stereocenters. The van der Waals surface area contributed by atoms with E-state index in [0.717, 1.165) is 18.5 Å². The molecule has 1 aromatic heterocycles. The quantitative estimate of drug-likeness (QED) is 0.876. The van der Waals surface area contributed by atoms with Crippen LogP contribution >= 0.6 is 12.4 Å². The molecule has 2 heterocycles. The SMILES string of the molecule is CC(C)c1ccc(-n2cc(O)c(C(=O)N3CCC(N)CC3)n2)cc1.Cl. The van der Waals surface area contributed by atoms with Gasteiger partial charge in [0, 0.05) is 19.1 Å². The molecule has 25 heavy (non-hydrogen) atoms. The lowest BCUT2D eigenvalue weighted by Crippen LogP contribution is -2.43. The highest BCUT2D eigenvalue weighted by Crippen LogP contribution is 2.22. The van der Waals surface area contributed by atoms with Gasteiger partial charge in [-0.2, -0.15) is 5.10 Å². The van der Waals surface area contributed by atoms with Crippen LogP contribution in [0.4, 0.5) is 0 Å². The molecule has 0 unspecified atom stereocenters. The fourth-order valence-corrected chi connectivity index (χ4v) is 2.91. The van der Waals surface area contributed by atoms with Crippen LogP contribution in [0, 0.1) is 0 Å². The highest BCUT2D eigenvalue weighted by molar-refractivity contribution is 5.94. The van der Waals surface area contributed by atoms with E-state index in [9.17, 15) is 9.90 Å². The number of aromatic hydroxyl groups is 1. The van der Waals surface area contributed by atoms with Crippen LogP contribution in [-0.2, 0) is 0 Å². The lowest BCUT2D eigenvalue weighted by atomic mass is 10.0. The highest BCUT2D eigenvalue weighted by Gasteiger charge is 2.26. The minimum Gasteiger partial charge on any atom is -0.504 e. The Morgan fingerprint density at radius 3 is 2.40 bits per heavy atom. The third-order valence-corrected chi connectivity index (χ3v) is 4.55. The summed E-state index contributed by atoms with van der Waals surface area (Å²) in [5.41, 5.74) is 8.01. The molecule has 0 aliphatic carbocycles. The van der Waals surface area contributed by atoms with Crippen molar-refractivity contribution in [3.8, 4) is 11.4 Å². The van der Waals surface area contributed by atoms with Gasteiger partial charge in [-0.25, -0.2) is 4.68 Å². The molecule has 1 fully saturated rings. The summed E-state index contributed by atoms with van der Waals surface area (Å²) in [6, 6.07) is 8.10. The Kier molecular flexibility index (Phi) is 6.08. The van der Waals surface area contributed by atoms with E-state index in [2.05, 4.69) is 18.9 Å². The summed E-state index contributed by atoms with van der Waals surface area (Å²) in [7, 11) is 0. The number of carbonyl (C=O) groups is 1. The number of likely N-dealkylation sites (tertiary alicyclic amines) is 1. The van der Waals surface area contributed by atoms with E-state index in [-0.39, 0.29) is 35.8 Å². The van der Waals surface area contributed by atoms with Crippen LogP contribution in [0.25, 0.3) is 5.69 Å². The number of benzene rings is 1. The van der Waals surface area contributed by atoms with Gasteiger partial charge >= 0.3 is 0 Å². The largest absolute Gasteiger partial charge is 0.504 e. The van der Waals surface area contributed by atoms with Crippen LogP contribution in [-0.4, -0.2) is 44.8 Å². The molecule has 136 valence electrons. The van der Waals surface area contributed by atoms with Gasteiger partial charge < -0.3 is 15.7 Å². The Hall–Kier alpha value is -2.05. The van der Waals surface area contributed by atoms with Crippen LogP contribution in [0.3, 0.4) is 0 Å². The number of nitrogens with two attached hydrogens (primary N) is 1. The fourth-order valence-electron chi connectivity index (χ4n) is 2.91. The minimum atomic E-state index is -0.239. The van der Waals surface area contributed by atoms with Crippen LogP contribution in [0.1, 0.15) is 48.7 Å². The second-order valence-corrected chi connectivity index (χ2v) is 6.68. The first kappa shape index (κ1) is 19.3. The van der Waals surface area contributed by atoms with Crippen molar-refractivity contribution < 1.29 is 9.90 Å². The molecule has 0 spiro atoms. The molecule has 0 saturated carbocycles. The molecule has 1 aliphatic heterocycles. The zero-order valence-electron chi connectivity index (χ0n) is 14.6. The fraction of sp³-hybridized carbons (Fsp3) is 0.444. The highest BCUT2D eigenvalue weighted by atomic mass is 35.5. The van der Waals surface area contributed by atoms with Gasteiger partial charge in [-0.1, -0.05) is 26.0 Å². The topological polar surface area (TPSA) is 84.4 Å². The molecule has 1 amide bonds. The summed E-state index contributed by atoms with van der Waals surface area (Å²) in [6.45, 7) is 5.48. The van der Waals surface area contributed by atoms with Crippen molar-refractivity contribution in [3.63, 3.8) is 0 Å². The molecule has 6 nitrogen and oxygen atoms in total. The van der Waals surface area contributed by atoms with Crippen molar-refractivity contribution in [2.24, 2.45) is 5.73 Å². The zero-order valence-corrected chi connectivity index (χ0v) is 15.4. The number of aromatic nitrogens is 2. The van der Waals surface area contributed by atoms with Gasteiger partial charge in [0.15, 0.2) is 11.4 Å². The predicted octanol–water partition coefficient (Wildman–Crippen LogP) is 2.69. The van der Waals surface area contributed by atoms with Gasteiger partial charge in [0.05, 0.1) is 11.9 Å². The predicted molar refractivity (Wildman–Crippen MR) is 99.7 cm³/mol. The molecular weight excluding hydrogens is 340 g/mol. The standard InChI is InChI=1S/C18H24N4O2.ClH/c1-12(2)13-3-5-15(6-4-13)22-11-16(23)17(20-22)18(24)21-9-7-14(19)8-10-21;/h3-6,11-12,14,23H,7-10,19H2,1-2H3;1H. The van der Waals surface area contributed by atoms with Gasteiger partial charge in [-0.05, 0) is 36.5 Å². The van der Waals surface area contributed by atoms with Crippen molar-refractivity contribution in [2.45, 2.75) is 38.6 Å². The molecule has 7 heteroatoms. The van der Waals surface area contributed by atoms with Crippen LogP contribution < -0.4 is 5.73 Å². The van der Waals surface area contributed by atoms with Crippen molar-refractivity contribution in [1.82, 2.24) is 14.7 Å². The Labute approximate surface area is 154 Å². The number of piperidine rings is 1. The molecule has 1 aromatic carbocycles. The minimum absolute atomic E-state index is 0. The van der Waals surface area contributed by atoms with Gasteiger partial charge in [0.2, 0.25) is 0 Å². The summed E-state index contributed by atoms with van der Waals surface area (Å²) >= 11 is 0. The normalized spacial score (nSPS) is 15.3. The van der Waals surface area contributed by atoms with Crippen molar-refractivity contribution in [2.75, 3.05) is 13.1 Å². The first-order chi connectivity index (χ1) is 11.5. The third kappa shape index (κ3) is 4.14. The lowest BCUT2D eigenvalue weighted by Gasteiger charge is -2.29. The lowest BCUT2D eigenvalue weighted by molar-refractivity contribution is 0.0705. The maximum Gasteiger partial charge on any atom is 0.278 e. The monoisotopic (exact) mass is 364 g/mol. The molecule has 3 rings (SSSR count). The second kappa shape index (κ2) is 7.89. The molecule has 2 aromatic rings. The van der Waals surface area contributed by atoms with Gasteiger partial charge in [-0.3, -0.25) is 4.79 Å². The summed E-state index contributed by atoms with van der Waals surface area (Å²) in [5, 5.41) is 14.4.